The van der Waals surface area contributed by atoms with E-state index in [1.807, 2.05) is 18.2 Å². The van der Waals surface area contributed by atoms with Crippen LogP contribution in [0.4, 0.5) is 11.5 Å². The molecule has 1 unspecified atom stereocenters. The van der Waals surface area contributed by atoms with Crippen molar-refractivity contribution in [1.82, 2.24) is 4.98 Å². The minimum absolute atomic E-state index is 0.165. The maximum Gasteiger partial charge on any atom is 0.312 e. The van der Waals surface area contributed by atoms with Gasteiger partial charge < -0.3 is 5.32 Å². The molecule has 0 radical (unpaired) electrons. The molecule has 1 heterocycles. The summed E-state index contributed by atoms with van der Waals surface area (Å²) in [5.74, 6) is 0.557. The highest BCUT2D eigenvalue weighted by atomic mass is 16.6. The van der Waals surface area contributed by atoms with Crippen molar-refractivity contribution in [1.29, 1.82) is 5.26 Å². The van der Waals surface area contributed by atoms with E-state index < -0.39 is 4.92 Å². The topological polar surface area (TPSA) is 91.8 Å². The van der Waals surface area contributed by atoms with Crippen molar-refractivity contribution in [2.24, 2.45) is 0 Å². The van der Waals surface area contributed by atoms with Gasteiger partial charge in [-0.3, -0.25) is 10.1 Å². The smallest absolute Gasteiger partial charge is 0.312 e. The molecule has 1 aliphatic carbocycles. The van der Waals surface area contributed by atoms with Crippen LogP contribution in [0.5, 0.6) is 0 Å². The number of hydrogen-bond acceptors (Lipinski definition) is 5. The van der Waals surface area contributed by atoms with Crippen LogP contribution < -0.4 is 5.32 Å². The fraction of sp³-hybridized carbons (Fsp3) is 0.200. The third kappa shape index (κ3) is 2.41. The van der Waals surface area contributed by atoms with Crippen molar-refractivity contribution >= 4 is 11.5 Å². The van der Waals surface area contributed by atoms with E-state index in [2.05, 4.69) is 22.4 Å². The Bertz CT molecular complexity index is 752. The van der Waals surface area contributed by atoms with Crippen molar-refractivity contribution in [3.8, 4) is 6.07 Å². The van der Waals surface area contributed by atoms with Crippen LogP contribution in [0.1, 0.15) is 22.6 Å². The van der Waals surface area contributed by atoms with Gasteiger partial charge >= 0.3 is 5.69 Å². The third-order valence-corrected chi connectivity index (χ3v) is 3.67. The van der Waals surface area contributed by atoms with Gasteiger partial charge in [0.1, 0.15) is 6.07 Å². The second-order valence-corrected chi connectivity index (χ2v) is 4.94. The van der Waals surface area contributed by atoms with Crippen molar-refractivity contribution in [2.75, 3.05) is 11.9 Å². The number of benzene rings is 1. The van der Waals surface area contributed by atoms with E-state index >= 15 is 0 Å². The summed E-state index contributed by atoms with van der Waals surface area (Å²) >= 11 is 0. The number of pyridine rings is 1. The van der Waals surface area contributed by atoms with Crippen molar-refractivity contribution in [3.63, 3.8) is 0 Å². The summed E-state index contributed by atoms with van der Waals surface area (Å²) in [7, 11) is 0. The summed E-state index contributed by atoms with van der Waals surface area (Å²) in [6, 6.07) is 11.3. The summed E-state index contributed by atoms with van der Waals surface area (Å²) < 4.78 is 0. The van der Waals surface area contributed by atoms with Crippen molar-refractivity contribution in [3.05, 3.63) is 63.3 Å². The summed E-state index contributed by atoms with van der Waals surface area (Å²) in [5, 5.41) is 22.8. The highest BCUT2D eigenvalue weighted by Crippen LogP contribution is 2.35. The van der Waals surface area contributed by atoms with Crippen LogP contribution in [-0.4, -0.2) is 16.5 Å². The zero-order valence-corrected chi connectivity index (χ0v) is 11.1. The highest BCUT2D eigenvalue weighted by Gasteiger charge is 2.26. The van der Waals surface area contributed by atoms with E-state index in [-0.39, 0.29) is 17.1 Å². The normalized spacial score (nSPS) is 15.5. The number of rotatable bonds is 4. The molecular formula is C15H12N4O2. The Morgan fingerprint density at radius 3 is 3.00 bits per heavy atom. The third-order valence-electron chi connectivity index (χ3n) is 3.67. The molecule has 1 atom stereocenters. The van der Waals surface area contributed by atoms with Gasteiger partial charge in [-0.1, -0.05) is 24.3 Å². The first-order chi connectivity index (χ1) is 10.2. The molecular weight excluding hydrogens is 268 g/mol. The summed E-state index contributed by atoms with van der Waals surface area (Å²) in [4.78, 5) is 14.5. The Morgan fingerprint density at radius 1 is 1.48 bits per heavy atom. The molecule has 0 fully saturated rings. The van der Waals surface area contributed by atoms with Crippen LogP contribution in [0.25, 0.3) is 0 Å². The lowest BCUT2D eigenvalue weighted by atomic mass is 9.77. The van der Waals surface area contributed by atoms with Gasteiger partial charge in [0.15, 0.2) is 0 Å². The molecule has 1 N–H and O–H groups in total. The van der Waals surface area contributed by atoms with Gasteiger partial charge in [0.25, 0.3) is 0 Å². The Labute approximate surface area is 121 Å². The first kappa shape index (κ1) is 13.1. The van der Waals surface area contributed by atoms with Crippen molar-refractivity contribution < 1.29 is 4.92 Å². The van der Waals surface area contributed by atoms with E-state index in [1.165, 1.54) is 23.4 Å². The lowest BCUT2D eigenvalue weighted by Crippen LogP contribution is -2.24. The molecule has 3 rings (SSSR count). The number of nitro groups is 1. The number of fused-ring (bicyclic) bond motifs is 1. The van der Waals surface area contributed by atoms with Crippen LogP contribution in [0.3, 0.4) is 0 Å². The summed E-state index contributed by atoms with van der Waals surface area (Å²) in [6.45, 7) is 0.594. The lowest BCUT2D eigenvalue weighted by Gasteiger charge is -2.30. The SMILES string of the molecule is N#Cc1cnc(NCC2Cc3ccccc32)c([N+](=O)[O-])c1. The van der Waals surface area contributed by atoms with Gasteiger partial charge in [-0.25, -0.2) is 4.98 Å². The zero-order valence-electron chi connectivity index (χ0n) is 11.1. The van der Waals surface area contributed by atoms with Gasteiger partial charge in [0.05, 0.1) is 10.5 Å². The predicted molar refractivity (Wildman–Crippen MR) is 77.0 cm³/mol. The van der Waals surface area contributed by atoms with Crippen LogP contribution in [-0.2, 0) is 6.42 Å². The molecule has 1 aromatic heterocycles. The van der Waals surface area contributed by atoms with E-state index in [0.717, 1.165) is 6.42 Å². The van der Waals surface area contributed by atoms with Crippen LogP contribution >= 0.6 is 0 Å². The minimum Gasteiger partial charge on any atom is -0.364 e. The number of hydrogen-bond donors (Lipinski definition) is 1. The number of anilines is 1. The molecule has 1 aromatic carbocycles. The Hall–Kier alpha value is -2.94. The molecule has 0 saturated carbocycles. The van der Waals surface area contributed by atoms with E-state index in [4.69, 9.17) is 5.26 Å². The standard InChI is InChI=1S/C15H12N4O2/c16-7-10-5-14(19(20)21)15(17-8-10)18-9-12-6-11-3-1-2-4-13(11)12/h1-5,8,12H,6,9H2,(H,17,18). The quantitative estimate of drug-likeness (QED) is 0.686. The average Bonchev–Trinajstić information content (AvgIpc) is 2.48. The highest BCUT2D eigenvalue weighted by molar-refractivity contribution is 5.58. The van der Waals surface area contributed by atoms with Crippen molar-refractivity contribution in [2.45, 2.75) is 12.3 Å². The lowest BCUT2D eigenvalue weighted by molar-refractivity contribution is -0.384. The van der Waals surface area contributed by atoms with E-state index in [1.54, 1.807) is 0 Å². The molecule has 0 saturated heterocycles. The maximum absolute atomic E-state index is 11.0. The van der Waals surface area contributed by atoms with Crippen LogP contribution in [0, 0.1) is 21.4 Å². The Balaban J connectivity index is 1.75. The Morgan fingerprint density at radius 2 is 2.29 bits per heavy atom. The number of nitriles is 1. The van der Waals surface area contributed by atoms with Crippen LogP contribution in [0.15, 0.2) is 36.5 Å². The average molecular weight is 280 g/mol. The molecule has 1 aliphatic rings. The van der Waals surface area contributed by atoms with Crippen LogP contribution in [0.2, 0.25) is 0 Å². The van der Waals surface area contributed by atoms with E-state index in [9.17, 15) is 10.1 Å². The largest absolute Gasteiger partial charge is 0.364 e. The maximum atomic E-state index is 11.0. The van der Waals surface area contributed by atoms with Gasteiger partial charge in [0, 0.05) is 24.7 Å². The molecule has 2 aromatic rings. The summed E-state index contributed by atoms with van der Waals surface area (Å²) in [5.41, 5.74) is 2.62. The monoisotopic (exact) mass is 280 g/mol. The molecule has 0 spiro atoms. The molecule has 6 nitrogen and oxygen atoms in total. The Kier molecular flexibility index (Phi) is 3.24. The van der Waals surface area contributed by atoms with E-state index in [0.29, 0.717) is 12.5 Å². The molecule has 0 bridgehead atoms. The zero-order chi connectivity index (χ0) is 14.8. The minimum atomic E-state index is -0.523. The molecule has 104 valence electrons. The second-order valence-electron chi connectivity index (χ2n) is 4.94. The van der Waals surface area contributed by atoms with Gasteiger partial charge in [-0.05, 0) is 17.5 Å². The molecule has 0 amide bonds. The fourth-order valence-corrected chi connectivity index (χ4v) is 2.55. The molecule has 21 heavy (non-hydrogen) atoms. The number of nitrogens with zero attached hydrogens (tertiary/aromatic N) is 3. The van der Waals surface area contributed by atoms with Gasteiger partial charge in [0.2, 0.25) is 5.82 Å². The summed E-state index contributed by atoms with van der Waals surface area (Å²) in [6.07, 6.45) is 2.30. The number of nitrogens with one attached hydrogen (secondary N) is 1. The predicted octanol–water partition coefficient (Wildman–Crippen LogP) is 2.61. The number of aromatic nitrogens is 1. The molecule has 6 heteroatoms. The first-order valence-electron chi connectivity index (χ1n) is 6.55. The van der Waals surface area contributed by atoms with Gasteiger partial charge in [-0.2, -0.15) is 5.26 Å². The van der Waals surface area contributed by atoms with Gasteiger partial charge in [-0.15, -0.1) is 0 Å². The second kappa shape index (κ2) is 5.21. The first-order valence-corrected chi connectivity index (χ1v) is 6.55. The molecule has 0 aliphatic heterocycles. The fourth-order valence-electron chi connectivity index (χ4n) is 2.55.